The summed E-state index contributed by atoms with van der Waals surface area (Å²) in [4.78, 5) is 4.72. The summed E-state index contributed by atoms with van der Waals surface area (Å²) in [6.45, 7) is 4.20. The predicted molar refractivity (Wildman–Crippen MR) is 87.4 cm³/mol. The average Bonchev–Trinajstić information content (AvgIpc) is 3.01. The van der Waals surface area contributed by atoms with Crippen LogP contribution in [0.4, 0.5) is 0 Å². The van der Waals surface area contributed by atoms with Gasteiger partial charge in [-0.05, 0) is 36.4 Å². The third-order valence-electron chi connectivity index (χ3n) is 3.49. The van der Waals surface area contributed by atoms with E-state index in [1.165, 1.54) is 0 Å². The topological polar surface area (TPSA) is 39.9 Å². The fraction of sp³-hybridized carbons (Fsp3) is 0.222. The van der Waals surface area contributed by atoms with Gasteiger partial charge in [-0.25, -0.2) is 9.67 Å². The highest BCUT2D eigenvalue weighted by atomic mass is 16.5. The highest BCUT2D eigenvalue weighted by Crippen LogP contribution is 2.25. The van der Waals surface area contributed by atoms with Crippen molar-refractivity contribution in [3.05, 3.63) is 60.4 Å². The molecule has 3 rings (SSSR count). The summed E-state index contributed by atoms with van der Waals surface area (Å²) in [5, 5.41) is 4.67. The minimum absolute atomic E-state index is 0.280. The van der Waals surface area contributed by atoms with E-state index in [2.05, 4.69) is 18.9 Å². The maximum absolute atomic E-state index is 5.22. The van der Waals surface area contributed by atoms with Crippen molar-refractivity contribution in [1.29, 1.82) is 0 Å². The van der Waals surface area contributed by atoms with Gasteiger partial charge < -0.3 is 4.74 Å². The third kappa shape index (κ3) is 2.72. The number of para-hydroxylation sites is 1. The fourth-order valence-corrected chi connectivity index (χ4v) is 2.25. The highest BCUT2D eigenvalue weighted by molar-refractivity contribution is 5.59. The van der Waals surface area contributed by atoms with Gasteiger partial charge in [-0.1, -0.05) is 32.0 Å². The second-order valence-electron chi connectivity index (χ2n) is 5.42. The fourth-order valence-electron chi connectivity index (χ4n) is 2.25. The lowest BCUT2D eigenvalue weighted by molar-refractivity contribution is 0.415. The van der Waals surface area contributed by atoms with Crippen molar-refractivity contribution in [2.45, 2.75) is 19.8 Å². The van der Waals surface area contributed by atoms with Gasteiger partial charge in [0, 0.05) is 11.5 Å². The normalized spacial score (nSPS) is 10.9. The van der Waals surface area contributed by atoms with Gasteiger partial charge in [0.15, 0.2) is 11.6 Å². The molecule has 0 saturated carbocycles. The van der Waals surface area contributed by atoms with Gasteiger partial charge >= 0.3 is 0 Å². The molecule has 0 fully saturated rings. The molecule has 3 aromatic rings. The highest BCUT2D eigenvalue weighted by Gasteiger charge is 2.15. The summed E-state index contributed by atoms with van der Waals surface area (Å²) in [6.07, 6.45) is 0. The summed E-state index contributed by atoms with van der Waals surface area (Å²) >= 11 is 0. The zero-order valence-electron chi connectivity index (χ0n) is 13.0. The van der Waals surface area contributed by atoms with Crippen molar-refractivity contribution in [3.63, 3.8) is 0 Å². The molecule has 0 aliphatic carbocycles. The van der Waals surface area contributed by atoms with Crippen molar-refractivity contribution in [3.8, 4) is 22.8 Å². The van der Waals surface area contributed by atoms with Crippen molar-refractivity contribution in [1.82, 2.24) is 14.8 Å². The number of methoxy groups -OCH3 is 1. The molecule has 4 heteroatoms. The number of rotatable bonds is 4. The number of ether oxygens (including phenoxy) is 1. The second kappa shape index (κ2) is 6.02. The number of nitrogens with zero attached hydrogens (tertiary/aromatic N) is 3. The van der Waals surface area contributed by atoms with Crippen molar-refractivity contribution < 1.29 is 4.74 Å². The maximum Gasteiger partial charge on any atom is 0.163 e. The van der Waals surface area contributed by atoms with E-state index in [0.29, 0.717) is 0 Å². The Kier molecular flexibility index (Phi) is 3.92. The molecular weight excluding hydrogens is 274 g/mol. The summed E-state index contributed by atoms with van der Waals surface area (Å²) in [5.41, 5.74) is 2.02. The van der Waals surface area contributed by atoms with Crippen LogP contribution in [0, 0.1) is 0 Å². The van der Waals surface area contributed by atoms with Gasteiger partial charge in [0.1, 0.15) is 5.75 Å². The Hall–Kier alpha value is -2.62. The summed E-state index contributed by atoms with van der Waals surface area (Å²) < 4.78 is 7.12. The molecule has 22 heavy (non-hydrogen) atoms. The first-order valence-electron chi connectivity index (χ1n) is 7.36. The average molecular weight is 293 g/mol. The Morgan fingerprint density at radius 3 is 2.23 bits per heavy atom. The largest absolute Gasteiger partial charge is 0.497 e. The molecule has 0 radical (unpaired) electrons. The van der Waals surface area contributed by atoms with Gasteiger partial charge in [-0.3, -0.25) is 0 Å². The Bertz CT molecular complexity index is 746. The molecule has 0 saturated heterocycles. The summed E-state index contributed by atoms with van der Waals surface area (Å²) in [7, 11) is 1.67. The van der Waals surface area contributed by atoms with Crippen LogP contribution < -0.4 is 4.74 Å². The van der Waals surface area contributed by atoms with Crippen LogP contribution in [0.5, 0.6) is 5.75 Å². The van der Waals surface area contributed by atoms with E-state index in [-0.39, 0.29) is 5.92 Å². The standard InChI is InChI=1S/C18H19N3O/c1-13(2)17-19-18(14-9-11-16(22-3)12-10-14)21(20-17)15-7-5-4-6-8-15/h4-13H,1-3H3. The first-order valence-corrected chi connectivity index (χ1v) is 7.36. The van der Waals surface area contributed by atoms with E-state index in [1.807, 2.05) is 59.3 Å². The van der Waals surface area contributed by atoms with E-state index in [4.69, 9.17) is 9.72 Å². The van der Waals surface area contributed by atoms with Gasteiger partial charge in [0.2, 0.25) is 0 Å². The van der Waals surface area contributed by atoms with Crippen LogP contribution in [-0.2, 0) is 0 Å². The number of hydrogen-bond donors (Lipinski definition) is 0. The zero-order valence-corrected chi connectivity index (χ0v) is 13.0. The SMILES string of the molecule is COc1ccc(-c2nc(C(C)C)nn2-c2ccccc2)cc1. The van der Waals surface area contributed by atoms with E-state index >= 15 is 0 Å². The molecule has 0 N–H and O–H groups in total. The zero-order chi connectivity index (χ0) is 15.5. The van der Waals surface area contributed by atoms with E-state index in [9.17, 15) is 0 Å². The Morgan fingerprint density at radius 2 is 1.64 bits per heavy atom. The van der Waals surface area contributed by atoms with Crippen LogP contribution in [0.15, 0.2) is 54.6 Å². The lowest BCUT2D eigenvalue weighted by Gasteiger charge is -2.06. The van der Waals surface area contributed by atoms with E-state index < -0.39 is 0 Å². The minimum Gasteiger partial charge on any atom is -0.497 e. The lowest BCUT2D eigenvalue weighted by Crippen LogP contribution is -2.00. The van der Waals surface area contributed by atoms with Gasteiger partial charge in [0.05, 0.1) is 12.8 Å². The predicted octanol–water partition coefficient (Wildman–Crippen LogP) is 4.07. The van der Waals surface area contributed by atoms with E-state index in [0.717, 1.165) is 28.6 Å². The summed E-state index contributed by atoms with van der Waals surface area (Å²) in [6, 6.07) is 18.0. The van der Waals surface area contributed by atoms with Crippen LogP contribution >= 0.6 is 0 Å². The van der Waals surface area contributed by atoms with Gasteiger partial charge in [-0.2, -0.15) is 5.10 Å². The molecule has 0 spiro atoms. The maximum atomic E-state index is 5.22. The van der Waals surface area contributed by atoms with Crippen LogP contribution in [0.1, 0.15) is 25.6 Å². The molecule has 0 aliphatic rings. The smallest absolute Gasteiger partial charge is 0.163 e. The Labute approximate surface area is 130 Å². The van der Waals surface area contributed by atoms with Crippen molar-refractivity contribution in [2.75, 3.05) is 7.11 Å². The van der Waals surface area contributed by atoms with Crippen molar-refractivity contribution >= 4 is 0 Å². The number of benzene rings is 2. The Morgan fingerprint density at radius 1 is 0.955 bits per heavy atom. The molecular formula is C18H19N3O. The van der Waals surface area contributed by atoms with Gasteiger partial charge in [0.25, 0.3) is 0 Å². The first kappa shape index (κ1) is 14.3. The first-order chi connectivity index (χ1) is 10.7. The molecule has 112 valence electrons. The van der Waals surface area contributed by atoms with Gasteiger partial charge in [-0.15, -0.1) is 0 Å². The molecule has 2 aromatic carbocycles. The third-order valence-corrected chi connectivity index (χ3v) is 3.49. The number of aromatic nitrogens is 3. The minimum atomic E-state index is 0.280. The molecule has 0 aliphatic heterocycles. The number of hydrogen-bond acceptors (Lipinski definition) is 3. The quantitative estimate of drug-likeness (QED) is 0.728. The molecule has 1 heterocycles. The molecule has 0 bridgehead atoms. The molecule has 0 amide bonds. The monoisotopic (exact) mass is 293 g/mol. The van der Waals surface area contributed by atoms with Crippen LogP contribution in [-0.4, -0.2) is 21.9 Å². The molecule has 1 aromatic heterocycles. The second-order valence-corrected chi connectivity index (χ2v) is 5.42. The Balaban J connectivity index is 2.12. The molecule has 0 unspecified atom stereocenters. The molecule has 4 nitrogen and oxygen atoms in total. The molecule has 0 atom stereocenters. The van der Waals surface area contributed by atoms with Crippen molar-refractivity contribution in [2.24, 2.45) is 0 Å². The van der Waals surface area contributed by atoms with Crippen LogP contribution in [0.25, 0.3) is 17.1 Å². The van der Waals surface area contributed by atoms with E-state index in [1.54, 1.807) is 7.11 Å². The summed E-state index contributed by atoms with van der Waals surface area (Å²) in [5.74, 6) is 2.80. The van der Waals surface area contributed by atoms with Crippen LogP contribution in [0.3, 0.4) is 0 Å². The lowest BCUT2D eigenvalue weighted by atomic mass is 10.2. The van der Waals surface area contributed by atoms with Crippen LogP contribution in [0.2, 0.25) is 0 Å².